The Kier molecular flexibility index (Phi) is 4.41. The molecule has 1 rings (SSSR count). The van der Waals surface area contributed by atoms with Crippen LogP contribution in [-0.2, 0) is 10.0 Å². The van der Waals surface area contributed by atoms with E-state index in [2.05, 4.69) is 4.98 Å². The SMILES string of the molecule is N#CCN(CC#N)S(=O)(=O)c1ccc(Cl)nc1. The van der Waals surface area contributed by atoms with Crippen molar-refractivity contribution in [3.63, 3.8) is 0 Å². The Labute approximate surface area is 104 Å². The molecule has 0 aliphatic rings. The number of nitriles is 2. The van der Waals surface area contributed by atoms with Crippen molar-refractivity contribution in [3.05, 3.63) is 23.5 Å². The summed E-state index contributed by atoms with van der Waals surface area (Å²) in [7, 11) is -3.87. The largest absolute Gasteiger partial charge is 0.246 e. The Balaban J connectivity index is 3.13. The molecule has 0 atom stereocenters. The first-order valence-corrected chi connectivity index (χ1v) is 6.19. The van der Waals surface area contributed by atoms with Crippen LogP contribution in [0.15, 0.2) is 23.2 Å². The number of hydrogen-bond acceptors (Lipinski definition) is 5. The lowest BCUT2D eigenvalue weighted by Crippen LogP contribution is -2.31. The molecule has 8 heteroatoms. The van der Waals surface area contributed by atoms with Crippen LogP contribution in [0.25, 0.3) is 0 Å². The molecule has 0 aliphatic carbocycles. The maximum atomic E-state index is 12.0. The van der Waals surface area contributed by atoms with E-state index >= 15 is 0 Å². The Morgan fingerprint density at radius 2 is 1.88 bits per heavy atom. The highest BCUT2D eigenvalue weighted by atomic mass is 35.5. The predicted molar refractivity (Wildman–Crippen MR) is 59.2 cm³/mol. The van der Waals surface area contributed by atoms with Gasteiger partial charge in [-0.2, -0.15) is 14.8 Å². The molecule has 1 aromatic rings. The Morgan fingerprint density at radius 1 is 1.29 bits per heavy atom. The van der Waals surface area contributed by atoms with Crippen molar-refractivity contribution >= 4 is 21.6 Å². The second kappa shape index (κ2) is 5.60. The summed E-state index contributed by atoms with van der Waals surface area (Å²) in [6, 6.07) is 5.97. The first kappa shape index (κ1) is 13.4. The first-order chi connectivity index (χ1) is 8.02. The summed E-state index contributed by atoms with van der Waals surface area (Å²) in [4.78, 5) is 3.54. The highest BCUT2D eigenvalue weighted by Gasteiger charge is 2.24. The monoisotopic (exact) mass is 270 g/mol. The van der Waals surface area contributed by atoms with E-state index in [1.54, 1.807) is 12.1 Å². The van der Waals surface area contributed by atoms with Gasteiger partial charge in [0.1, 0.15) is 23.1 Å². The minimum atomic E-state index is -3.87. The second-order valence-corrected chi connectivity index (χ2v) is 5.23. The van der Waals surface area contributed by atoms with Crippen molar-refractivity contribution in [2.75, 3.05) is 13.1 Å². The van der Waals surface area contributed by atoms with Crippen molar-refractivity contribution in [1.82, 2.24) is 9.29 Å². The molecule has 0 bridgehead atoms. The normalized spacial score (nSPS) is 10.8. The average Bonchev–Trinajstić information content (AvgIpc) is 2.29. The Hall–Kier alpha value is -1.67. The van der Waals surface area contributed by atoms with Gasteiger partial charge in [-0.1, -0.05) is 11.6 Å². The standard InChI is InChI=1S/C9H7ClN4O2S/c10-9-2-1-8(7-13-9)17(15,16)14(5-3-11)6-4-12/h1-2,7H,5-6H2. The lowest BCUT2D eigenvalue weighted by Gasteiger charge is -2.15. The van der Waals surface area contributed by atoms with Gasteiger partial charge in [-0.15, -0.1) is 0 Å². The van der Waals surface area contributed by atoms with Gasteiger partial charge in [0.25, 0.3) is 0 Å². The maximum Gasteiger partial charge on any atom is 0.246 e. The van der Waals surface area contributed by atoms with Gasteiger partial charge in [0, 0.05) is 6.20 Å². The maximum absolute atomic E-state index is 12.0. The third-order valence-electron chi connectivity index (χ3n) is 1.83. The highest BCUT2D eigenvalue weighted by Crippen LogP contribution is 2.15. The fourth-order valence-electron chi connectivity index (χ4n) is 1.05. The van der Waals surface area contributed by atoms with Gasteiger partial charge in [-0.05, 0) is 12.1 Å². The van der Waals surface area contributed by atoms with E-state index in [4.69, 9.17) is 22.1 Å². The van der Waals surface area contributed by atoms with Gasteiger partial charge in [-0.3, -0.25) is 0 Å². The quantitative estimate of drug-likeness (QED) is 0.594. The van der Waals surface area contributed by atoms with Crippen molar-refractivity contribution in [2.45, 2.75) is 4.90 Å². The van der Waals surface area contributed by atoms with E-state index in [1.165, 1.54) is 12.1 Å². The molecule has 0 amide bonds. The van der Waals surface area contributed by atoms with Crippen molar-refractivity contribution in [3.8, 4) is 12.1 Å². The van der Waals surface area contributed by atoms with E-state index in [-0.39, 0.29) is 10.0 Å². The molecular weight excluding hydrogens is 264 g/mol. The summed E-state index contributed by atoms with van der Waals surface area (Å²) in [6.07, 6.45) is 1.08. The molecular formula is C9H7ClN4O2S. The highest BCUT2D eigenvalue weighted by molar-refractivity contribution is 7.89. The van der Waals surface area contributed by atoms with E-state index in [1.807, 2.05) is 0 Å². The summed E-state index contributed by atoms with van der Waals surface area (Å²) in [5, 5.41) is 17.2. The minimum Gasteiger partial charge on any atom is -0.243 e. The lowest BCUT2D eigenvalue weighted by atomic mass is 10.5. The number of hydrogen-bond donors (Lipinski definition) is 0. The van der Waals surface area contributed by atoms with E-state index in [0.29, 0.717) is 0 Å². The molecule has 0 spiro atoms. The van der Waals surface area contributed by atoms with Gasteiger partial charge in [0.2, 0.25) is 10.0 Å². The van der Waals surface area contributed by atoms with Gasteiger partial charge in [0.15, 0.2) is 0 Å². The van der Waals surface area contributed by atoms with Gasteiger partial charge >= 0.3 is 0 Å². The van der Waals surface area contributed by atoms with Gasteiger partial charge in [-0.25, -0.2) is 13.4 Å². The van der Waals surface area contributed by atoms with Crippen LogP contribution in [0.4, 0.5) is 0 Å². The zero-order valence-corrected chi connectivity index (χ0v) is 10.1. The summed E-state index contributed by atoms with van der Waals surface area (Å²) >= 11 is 5.54. The molecule has 17 heavy (non-hydrogen) atoms. The summed E-state index contributed by atoms with van der Waals surface area (Å²) in [6.45, 7) is -0.781. The van der Waals surface area contributed by atoms with E-state index in [0.717, 1.165) is 10.5 Å². The molecule has 1 heterocycles. The molecule has 6 nitrogen and oxygen atoms in total. The van der Waals surface area contributed by atoms with Crippen LogP contribution in [0.2, 0.25) is 5.15 Å². The van der Waals surface area contributed by atoms with E-state index < -0.39 is 23.1 Å². The second-order valence-electron chi connectivity index (χ2n) is 2.91. The molecule has 0 N–H and O–H groups in total. The Morgan fingerprint density at radius 3 is 2.29 bits per heavy atom. The third-order valence-corrected chi connectivity index (χ3v) is 3.83. The number of rotatable bonds is 4. The van der Waals surface area contributed by atoms with Gasteiger partial charge < -0.3 is 0 Å². The topological polar surface area (TPSA) is 97.9 Å². The number of sulfonamides is 1. The number of aromatic nitrogens is 1. The number of pyridine rings is 1. The summed E-state index contributed by atoms with van der Waals surface area (Å²) < 4.78 is 24.7. The first-order valence-electron chi connectivity index (χ1n) is 4.38. The Bertz CT molecular complexity index is 554. The van der Waals surface area contributed by atoms with Crippen LogP contribution >= 0.6 is 11.6 Å². The van der Waals surface area contributed by atoms with E-state index in [9.17, 15) is 8.42 Å². The molecule has 88 valence electrons. The van der Waals surface area contributed by atoms with Crippen LogP contribution in [0.3, 0.4) is 0 Å². The van der Waals surface area contributed by atoms with Crippen LogP contribution in [0, 0.1) is 22.7 Å². The molecule has 1 aromatic heterocycles. The molecule has 0 aliphatic heterocycles. The van der Waals surface area contributed by atoms with Crippen molar-refractivity contribution in [2.24, 2.45) is 0 Å². The predicted octanol–water partition coefficient (Wildman–Crippen LogP) is 0.773. The molecule has 0 unspecified atom stereocenters. The summed E-state index contributed by atoms with van der Waals surface area (Å²) in [5.74, 6) is 0. The van der Waals surface area contributed by atoms with Crippen molar-refractivity contribution < 1.29 is 8.42 Å². The minimum absolute atomic E-state index is 0.104. The van der Waals surface area contributed by atoms with Crippen LogP contribution < -0.4 is 0 Å². The third kappa shape index (κ3) is 3.14. The number of nitrogens with zero attached hydrogens (tertiary/aromatic N) is 4. The van der Waals surface area contributed by atoms with Crippen LogP contribution in [-0.4, -0.2) is 30.8 Å². The molecule has 0 saturated carbocycles. The molecule has 0 saturated heterocycles. The van der Waals surface area contributed by atoms with Crippen molar-refractivity contribution in [1.29, 1.82) is 10.5 Å². The fraction of sp³-hybridized carbons (Fsp3) is 0.222. The van der Waals surface area contributed by atoms with Crippen LogP contribution in [0.5, 0.6) is 0 Å². The smallest absolute Gasteiger partial charge is 0.243 e. The lowest BCUT2D eigenvalue weighted by molar-refractivity contribution is 0.479. The molecule has 0 radical (unpaired) electrons. The average molecular weight is 271 g/mol. The van der Waals surface area contributed by atoms with Gasteiger partial charge in [0.05, 0.1) is 12.1 Å². The number of halogens is 1. The summed E-state index contributed by atoms with van der Waals surface area (Å²) in [5.41, 5.74) is 0. The van der Waals surface area contributed by atoms with Crippen LogP contribution in [0.1, 0.15) is 0 Å². The zero-order chi connectivity index (χ0) is 12.9. The fourth-order valence-corrected chi connectivity index (χ4v) is 2.34. The molecule has 0 fully saturated rings. The molecule has 0 aromatic carbocycles. The zero-order valence-electron chi connectivity index (χ0n) is 8.54.